The Labute approximate surface area is 131 Å². The minimum Gasteiger partial charge on any atom is -0.376 e. The van der Waals surface area contributed by atoms with E-state index in [-0.39, 0.29) is 11.9 Å². The standard InChI is InChI=1S/C14H17N3O2S2/c1-10(18)9-21-14-16-15-13(12-5-3-7-20-12)17(14)8-11-4-2-6-19-11/h3,5,7,11H,2,4,6,8-9H2,1H3. The lowest BCUT2D eigenvalue weighted by Crippen LogP contribution is -2.16. The minimum absolute atomic E-state index is 0.143. The zero-order valence-electron chi connectivity index (χ0n) is 11.8. The molecule has 3 rings (SSSR count). The average Bonchev–Trinajstić information content (AvgIpc) is 3.18. The lowest BCUT2D eigenvalue weighted by atomic mass is 10.2. The molecule has 1 aliphatic rings. The van der Waals surface area contributed by atoms with Crippen LogP contribution >= 0.6 is 23.1 Å². The van der Waals surface area contributed by atoms with Crippen molar-refractivity contribution in [2.45, 2.75) is 37.6 Å². The first kappa shape index (κ1) is 14.7. The topological polar surface area (TPSA) is 57.0 Å². The van der Waals surface area contributed by atoms with Crippen LogP contribution in [0.25, 0.3) is 10.7 Å². The lowest BCUT2D eigenvalue weighted by molar-refractivity contribution is -0.114. The summed E-state index contributed by atoms with van der Waals surface area (Å²) in [6, 6.07) is 4.05. The van der Waals surface area contributed by atoms with Crippen LogP contribution in [0.2, 0.25) is 0 Å². The van der Waals surface area contributed by atoms with Crippen LogP contribution in [0.4, 0.5) is 0 Å². The van der Waals surface area contributed by atoms with Gasteiger partial charge >= 0.3 is 0 Å². The van der Waals surface area contributed by atoms with Gasteiger partial charge < -0.3 is 4.74 Å². The van der Waals surface area contributed by atoms with Crippen LogP contribution in [-0.4, -0.2) is 39.0 Å². The highest BCUT2D eigenvalue weighted by atomic mass is 32.2. The summed E-state index contributed by atoms with van der Waals surface area (Å²) >= 11 is 3.09. The van der Waals surface area contributed by atoms with Gasteiger partial charge in [0.1, 0.15) is 5.78 Å². The molecule has 0 bridgehead atoms. The summed E-state index contributed by atoms with van der Waals surface area (Å²) in [6.07, 6.45) is 2.40. The van der Waals surface area contributed by atoms with Crippen LogP contribution in [0.5, 0.6) is 0 Å². The van der Waals surface area contributed by atoms with Gasteiger partial charge in [-0.3, -0.25) is 9.36 Å². The number of ether oxygens (including phenoxy) is 1. The molecule has 1 atom stereocenters. The number of carbonyl (C=O) groups excluding carboxylic acids is 1. The molecule has 0 aromatic carbocycles. The molecule has 0 aliphatic carbocycles. The van der Waals surface area contributed by atoms with E-state index < -0.39 is 0 Å². The normalized spacial score (nSPS) is 18.2. The summed E-state index contributed by atoms with van der Waals surface area (Å²) in [5, 5.41) is 11.4. The predicted octanol–water partition coefficient (Wildman–Crippen LogP) is 2.87. The fraction of sp³-hybridized carbons (Fsp3) is 0.500. The summed E-state index contributed by atoms with van der Waals surface area (Å²) in [5.41, 5.74) is 0. The average molecular weight is 323 g/mol. The zero-order valence-corrected chi connectivity index (χ0v) is 13.5. The van der Waals surface area contributed by atoms with E-state index in [1.54, 1.807) is 18.3 Å². The van der Waals surface area contributed by atoms with Crippen LogP contribution in [-0.2, 0) is 16.1 Å². The molecule has 0 radical (unpaired) electrons. The van der Waals surface area contributed by atoms with Gasteiger partial charge in [0.15, 0.2) is 11.0 Å². The third kappa shape index (κ3) is 3.53. The Morgan fingerprint density at radius 3 is 3.14 bits per heavy atom. The highest BCUT2D eigenvalue weighted by Crippen LogP contribution is 2.28. The second-order valence-electron chi connectivity index (χ2n) is 5.02. The van der Waals surface area contributed by atoms with Crippen molar-refractivity contribution < 1.29 is 9.53 Å². The molecule has 21 heavy (non-hydrogen) atoms. The number of carbonyl (C=O) groups is 1. The molecule has 5 nitrogen and oxygen atoms in total. The third-order valence-electron chi connectivity index (χ3n) is 3.27. The van der Waals surface area contributed by atoms with E-state index in [1.165, 1.54) is 11.8 Å². The van der Waals surface area contributed by atoms with Crippen LogP contribution < -0.4 is 0 Å². The molecular formula is C14H17N3O2S2. The molecule has 0 spiro atoms. The van der Waals surface area contributed by atoms with E-state index >= 15 is 0 Å². The molecule has 0 amide bonds. The van der Waals surface area contributed by atoms with Crippen molar-refractivity contribution in [2.75, 3.05) is 12.4 Å². The number of aromatic nitrogens is 3. The molecular weight excluding hydrogens is 306 g/mol. The van der Waals surface area contributed by atoms with Crippen LogP contribution in [0, 0.1) is 0 Å². The number of thiophene rings is 1. The monoisotopic (exact) mass is 323 g/mol. The van der Waals surface area contributed by atoms with Gasteiger partial charge in [0.25, 0.3) is 0 Å². The summed E-state index contributed by atoms with van der Waals surface area (Å²) in [5.74, 6) is 1.43. The Kier molecular flexibility index (Phi) is 4.72. The summed E-state index contributed by atoms with van der Waals surface area (Å²) in [6.45, 7) is 3.17. The van der Waals surface area contributed by atoms with Gasteiger partial charge in [0.05, 0.1) is 23.3 Å². The van der Waals surface area contributed by atoms with Crippen molar-refractivity contribution in [2.24, 2.45) is 0 Å². The van der Waals surface area contributed by atoms with Crippen molar-refractivity contribution in [1.29, 1.82) is 0 Å². The maximum absolute atomic E-state index is 11.2. The van der Waals surface area contributed by atoms with E-state index in [0.29, 0.717) is 5.75 Å². The van der Waals surface area contributed by atoms with E-state index in [4.69, 9.17) is 4.74 Å². The molecule has 0 saturated carbocycles. The van der Waals surface area contributed by atoms with Gasteiger partial charge in [-0.2, -0.15) is 0 Å². The molecule has 2 aromatic rings. The minimum atomic E-state index is 0.143. The summed E-state index contributed by atoms with van der Waals surface area (Å²) in [7, 11) is 0. The maximum Gasteiger partial charge on any atom is 0.192 e. The summed E-state index contributed by atoms with van der Waals surface area (Å²) in [4.78, 5) is 12.3. The molecule has 7 heteroatoms. The highest BCUT2D eigenvalue weighted by molar-refractivity contribution is 7.99. The molecule has 112 valence electrons. The van der Waals surface area contributed by atoms with Gasteiger partial charge in [-0.05, 0) is 31.2 Å². The van der Waals surface area contributed by atoms with Gasteiger partial charge in [0.2, 0.25) is 0 Å². The molecule has 2 aromatic heterocycles. The Morgan fingerprint density at radius 1 is 1.57 bits per heavy atom. The van der Waals surface area contributed by atoms with Crippen LogP contribution in [0.15, 0.2) is 22.7 Å². The quantitative estimate of drug-likeness (QED) is 0.765. The molecule has 1 aliphatic heterocycles. The fourth-order valence-electron chi connectivity index (χ4n) is 2.31. The van der Waals surface area contributed by atoms with Crippen molar-refractivity contribution >= 4 is 28.9 Å². The largest absolute Gasteiger partial charge is 0.376 e. The molecule has 1 fully saturated rings. The van der Waals surface area contributed by atoms with Crippen molar-refractivity contribution in [3.8, 4) is 10.7 Å². The second-order valence-corrected chi connectivity index (χ2v) is 6.91. The Balaban J connectivity index is 1.86. The van der Waals surface area contributed by atoms with Crippen LogP contribution in [0.3, 0.4) is 0 Å². The number of hydrogen-bond donors (Lipinski definition) is 0. The smallest absolute Gasteiger partial charge is 0.192 e. The van der Waals surface area contributed by atoms with Crippen molar-refractivity contribution in [1.82, 2.24) is 14.8 Å². The molecule has 1 saturated heterocycles. The van der Waals surface area contributed by atoms with E-state index in [0.717, 1.165) is 41.9 Å². The van der Waals surface area contributed by atoms with Crippen LogP contribution in [0.1, 0.15) is 19.8 Å². The van der Waals surface area contributed by atoms with Gasteiger partial charge in [-0.25, -0.2) is 0 Å². The van der Waals surface area contributed by atoms with E-state index in [9.17, 15) is 4.79 Å². The number of ketones is 1. The number of rotatable bonds is 6. The van der Waals surface area contributed by atoms with Crippen molar-refractivity contribution in [3.63, 3.8) is 0 Å². The number of Topliss-reactive ketones (excluding diaryl/α,β-unsaturated/α-hetero) is 1. The van der Waals surface area contributed by atoms with Gasteiger partial charge in [0, 0.05) is 6.61 Å². The first-order valence-corrected chi connectivity index (χ1v) is 8.81. The number of hydrogen-bond acceptors (Lipinski definition) is 6. The highest BCUT2D eigenvalue weighted by Gasteiger charge is 2.22. The third-order valence-corrected chi connectivity index (χ3v) is 5.25. The SMILES string of the molecule is CC(=O)CSc1nnc(-c2cccs2)n1CC1CCCO1. The second kappa shape index (κ2) is 6.72. The summed E-state index contributed by atoms with van der Waals surface area (Å²) < 4.78 is 7.82. The Morgan fingerprint density at radius 2 is 2.48 bits per heavy atom. The Hall–Kier alpha value is -1.18. The first-order valence-electron chi connectivity index (χ1n) is 6.95. The lowest BCUT2D eigenvalue weighted by Gasteiger charge is -2.13. The van der Waals surface area contributed by atoms with E-state index in [2.05, 4.69) is 14.8 Å². The predicted molar refractivity (Wildman–Crippen MR) is 83.7 cm³/mol. The molecule has 3 heterocycles. The van der Waals surface area contributed by atoms with Gasteiger partial charge in [-0.15, -0.1) is 21.5 Å². The van der Waals surface area contributed by atoms with E-state index in [1.807, 2.05) is 17.5 Å². The maximum atomic E-state index is 11.2. The first-order chi connectivity index (χ1) is 10.2. The van der Waals surface area contributed by atoms with Gasteiger partial charge in [-0.1, -0.05) is 17.8 Å². The molecule has 1 unspecified atom stereocenters. The van der Waals surface area contributed by atoms with Crippen molar-refractivity contribution in [3.05, 3.63) is 17.5 Å². The molecule has 0 N–H and O–H groups in total. The number of nitrogens with zero attached hydrogens (tertiary/aromatic N) is 3. The zero-order chi connectivity index (χ0) is 14.7. The Bertz CT molecular complexity index is 604. The fourth-order valence-corrected chi connectivity index (χ4v) is 3.77. The number of thioether (sulfide) groups is 1.